The van der Waals surface area contributed by atoms with E-state index in [1.165, 1.54) is 12.1 Å². The number of sulfone groups is 1. The van der Waals surface area contributed by atoms with E-state index in [2.05, 4.69) is 14.9 Å². The van der Waals surface area contributed by atoms with E-state index in [0.29, 0.717) is 5.56 Å². The molecule has 2 aromatic carbocycles. The highest BCUT2D eigenvalue weighted by Crippen LogP contribution is 2.15. The van der Waals surface area contributed by atoms with E-state index < -0.39 is 25.1 Å². The number of hydrogen-bond acceptors (Lipinski definition) is 7. The van der Waals surface area contributed by atoms with E-state index in [9.17, 15) is 16.8 Å². The Morgan fingerprint density at radius 1 is 0.852 bits per heavy atom. The van der Waals surface area contributed by atoms with Crippen molar-refractivity contribution in [3.05, 3.63) is 72.1 Å². The molecule has 1 aromatic heterocycles. The number of rotatable bonds is 8. The van der Waals surface area contributed by atoms with Crippen LogP contribution in [-0.2, 0) is 32.0 Å². The van der Waals surface area contributed by atoms with Gasteiger partial charge in [0.2, 0.25) is 25.8 Å². The minimum absolute atomic E-state index is 0.00239. The monoisotopic (exact) mass is 407 g/mol. The van der Waals surface area contributed by atoms with Crippen LogP contribution in [0.4, 0.5) is 0 Å². The lowest BCUT2D eigenvalue weighted by molar-refractivity contribution is 0.395. The fourth-order valence-corrected chi connectivity index (χ4v) is 4.49. The van der Waals surface area contributed by atoms with Crippen molar-refractivity contribution < 1.29 is 21.3 Å². The number of sulfonamides is 1. The second kappa shape index (κ2) is 7.99. The van der Waals surface area contributed by atoms with Crippen LogP contribution in [0.3, 0.4) is 0 Å². The lowest BCUT2D eigenvalue weighted by atomic mass is 10.2. The highest BCUT2D eigenvalue weighted by molar-refractivity contribution is 7.90. The Labute approximate surface area is 157 Å². The van der Waals surface area contributed by atoms with Crippen molar-refractivity contribution in [1.29, 1.82) is 0 Å². The zero-order chi connectivity index (χ0) is 19.3. The first-order chi connectivity index (χ1) is 12.9. The molecular weight excluding hydrogens is 390 g/mol. The highest BCUT2D eigenvalue weighted by atomic mass is 32.2. The average Bonchev–Trinajstić information content (AvgIpc) is 3.13. The Morgan fingerprint density at radius 3 is 2.15 bits per heavy atom. The number of hydrogen-bond donors (Lipinski definition) is 1. The van der Waals surface area contributed by atoms with Gasteiger partial charge in [-0.25, -0.2) is 21.6 Å². The van der Waals surface area contributed by atoms with Crippen molar-refractivity contribution in [3.63, 3.8) is 0 Å². The van der Waals surface area contributed by atoms with E-state index in [0.717, 1.165) is 0 Å². The van der Waals surface area contributed by atoms with Crippen LogP contribution in [0.25, 0.3) is 0 Å². The minimum atomic E-state index is -3.77. The molecule has 0 aliphatic heterocycles. The molecule has 0 unspecified atom stereocenters. The van der Waals surface area contributed by atoms with Crippen molar-refractivity contribution in [2.75, 3.05) is 6.54 Å². The summed E-state index contributed by atoms with van der Waals surface area (Å²) in [5, 5.41) is 6.78. The van der Waals surface area contributed by atoms with Crippen LogP contribution < -0.4 is 4.72 Å². The normalized spacial score (nSPS) is 12.1. The molecule has 0 aliphatic rings. The summed E-state index contributed by atoms with van der Waals surface area (Å²) < 4.78 is 56.5. The Hall–Kier alpha value is -2.56. The summed E-state index contributed by atoms with van der Waals surface area (Å²) in [6, 6.07) is 16.6. The van der Waals surface area contributed by atoms with E-state index in [4.69, 9.17) is 4.42 Å². The Balaban J connectivity index is 1.61. The third kappa shape index (κ3) is 5.00. The smallest absolute Gasteiger partial charge is 0.335 e. The maximum Gasteiger partial charge on any atom is 0.335 e. The van der Waals surface area contributed by atoms with E-state index in [-0.39, 0.29) is 29.5 Å². The first-order valence-electron chi connectivity index (χ1n) is 8.01. The maximum absolute atomic E-state index is 12.3. The molecular formula is C17H17N3O5S2. The first-order valence-corrected chi connectivity index (χ1v) is 11.1. The standard InChI is InChI=1S/C17H17N3O5S2/c21-26(22,13-14-7-3-1-4-8-14)17-20-19-16(25-17)11-12-18-27(23,24)15-9-5-2-6-10-15/h1-10,18H,11-13H2. The molecule has 0 spiro atoms. The first kappa shape index (κ1) is 19.2. The van der Waals surface area contributed by atoms with Gasteiger partial charge < -0.3 is 4.42 Å². The van der Waals surface area contributed by atoms with Gasteiger partial charge in [-0.1, -0.05) is 53.6 Å². The largest absolute Gasteiger partial charge is 0.412 e. The predicted octanol–water partition coefficient (Wildman–Crippen LogP) is 1.56. The molecule has 0 amide bonds. The molecule has 142 valence electrons. The van der Waals surface area contributed by atoms with Crippen LogP contribution in [0.5, 0.6) is 0 Å². The van der Waals surface area contributed by atoms with Gasteiger partial charge in [-0.3, -0.25) is 0 Å². The van der Waals surface area contributed by atoms with Gasteiger partial charge in [-0.15, -0.1) is 5.10 Å². The lowest BCUT2D eigenvalue weighted by Crippen LogP contribution is -2.26. The van der Waals surface area contributed by atoms with Crippen LogP contribution in [0.1, 0.15) is 11.5 Å². The molecule has 3 rings (SSSR count). The van der Waals surface area contributed by atoms with Crippen LogP contribution in [0.15, 0.2) is 75.2 Å². The van der Waals surface area contributed by atoms with Gasteiger partial charge in [0.1, 0.15) is 0 Å². The maximum atomic E-state index is 12.3. The molecule has 0 fully saturated rings. The second-order valence-electron chi connectivity index (χ2n) is 5.67. The average molecular weight is 407 g/mol. The highest BCUT2D eigenvalue weighted by Gasteiger charge is 2.23. The summed E-state index contributed by atoms with van der Waals surface area (Å²) in [6.45, 7) is -0.00239. The van der Waals surface area contributed by atoms with E-state index in [1.807, 2.05) is 0 Å². The SMILES string of the molecule is O=S(=O)(Cc1ccccc1)c1nnc(CCNS(=O)(=O)c2ccccc2)o1. The van der Waals surface area contributed by atoms with E-state index >= 15 is 0 Å². The third-order valence-corrected chi connectivity index (χ3v) is 6.49. The summed E-state index contributed by atoms with van der Waals surface area (Å²) in [7, 11) is -7.42. The molecule has 8 nitrogen and oxygen atoms in total. The van der Waals surface area contributed by atoms with Crippen molar-refractivity contribution >= 4 is 19.9 Å². The topological polar surface area (TPSA) is 119 Å². The molecule has 0 atom stereocenters. The molecule has 3 aromatic rings. The molecule has 1 heterocycles. The van der Waals surface area contributed by atoms with Gasteiger partial charge in [0.15, 0.2) is 0 Å². The summed E-state index contributed by atoms with van der Waals surface area (Å²) >= 11 is 0. The van der Waals surface area contributed by atoms with Gasteiger partial charge in [-0.2, -0.15) is 0 Å². The van der Waals surface area contributed by atoms with Crippen LogP contribution >= 0.6 is 0 Å². The fourth-order valence-electron chi connectivity index (χ4n) is 2.30. The number of benzene rings is 2. The molecule has 0 radical (unpaired) electrons. The molecule has 10 heteroatoms. The Bertz CT molecular complexity index is 1100. The molecule has 0 saturated carbocycles. The summed E-state index contributed by atoms with van der Waals surface area (Å²) in [5.74, 6) is -0.215. The van der Waals surface area contributed by atoms with Crippen LogP contribution in [-0.4, -0.2) is 33.6 Å². The quantitative estimate of drug-likeness (QED) is 0.602. The summed E-state index contributed by atoms with van der Waals surface area (Å²) in [4.78, 5) is 0.140. The molecule has 0 aliphatic carbocycles. The van der Waals surface area contributed by atoms with Gasteiger partial charge in [0.25, 0.3) is 0 Å². The van der Waals surface area contributed by atoms with Crippen LogP contribution in [0.2, 0.25) is 0 Å². The zero-order valence-corrected chi connectivity index (χ0v) is 15.8. The van der Waals surface area contributed by atoms with E-state index in [1.54, 1.807) is 48.5 Å². The van der Waals surface area contributed by atoms with Crippen molar-refractivity contribution in [2.45, 2.75) is 22.3 Å². The number of aromatic nitrogens is 2. The number of nitrogens with one attached hydrogen (secondary N) is 1. The van der Waals surface area contributed by atoms with Crippen molar-refractivity contribution in [1.82, 2.24) is 14.9 Å². The van der Waals surface area contributed by atoms with Crippen molar-refractivity contribution in [3.8, 4) is 0 Å². The Kier molecular flexibility index (Phi) is 5.68. The molecule has 1 N–H and O–H groups in total. The van der Waals surface area contributed by atoms with Gasteiger partial charge in [-0.05, 0) is 17.7 Å². The molecule has 27 heavy (non-hydrogen) atoms. The minimum Gasteiger partial charge on any atom is -0.412 e. The van der Waals surface area contributed by atoms with Gasteiger partial charge in [0.05, 0.1) is 10.6 Å². The summed E-state index contributed by atoms with van der Waals surface area (Å²) in [6.07, 6.45) is 0.0694. The lowest BCUT2D eigenvalue weighted by Gasteiger charge is -2.04. The fraction of sp³-hybridized carbons (Fsp3) is 0.176. The Morgan fingerprint density at radius 2 is 1.48 bits per heavy atom. The molecule has 0 saturated heterocycles. The van der Waals surface area contributed by atoms with Crippen LogP contribution in [0, 0.1) is 0 Å². The zero-order valence-electron chi connectivity index (χ0n) is 14.1. The number of nitrogens with zero attached hydrogens (tertiary/aromatic N) is 2. The summed E-state index contributed by atoms with van der Waals surface area (Å²) in [5.41, 5.74) is 0.605. The molecule has 0 bridgehead atoms. The third-order valence-electron chi connectivity index (χ3n) is 3.60. The van der Waals surface area contributed by atoms with Gasteiger partial charge >= 0.3 is 5.22 Å². The predicted molar refractivity (Wildman–Crippen MR) is 97.0 cm³/mol. The van der Waals surface area contributed by atoms with Crippen molar-refractivity contribution in [2.24, 2.45) is 0 Å². The second-order valence-corrected chi connectivity index (χ2v) is 9.30. The van der Waals surface area contributed by atoms with Gasteiger partial charge in [0, 0.05) is 13.0 Å².